The third kappa shape index (κ3) is 5.57. The van der Waals surface area contributed by atoms with Gasteiger partial charge >= 0.3 is 0 Å². The van der Waals surface area contributed by atoms with Gasteiger partial charge in [0.1, 0.15) is 23.7 Å². The van der Waals surface area contributed by atoms with Gasteiger partial charge in [-0.3, -0.25) is 0 Å². The van der Waals surface area contributed by atoms with Gasteiger partial charge in [-0.05, 0) is 81.6 Å². The average molecular weight is 466 g/mol. The van der Waals surface area contributed by atoms with Crippen LogP contribution in [-0.4, -0.2) is 31.0 Å². The SMILES string of the molecule is Cc1ccc(S(=O)(=O)N2Cc3ccccc3C[C@H]2COc2ccc(OC(C)(C)C)cc2)cc1. The Hall–Kier alpha value is -2.83. The van der Waals surface area contributed by atoms with Crippen LogP contribution in [0.2, 0.25) is 0 Å². The topological polar surface area (TPSA) is 55.8 Å². The van der Waals surface area contributed by atoms with Crippen molar-refractivity contribution in [1.29, 1.82) is 0 Å². The lowest BCUT2D eigenvalue weighted by Crippen LogP contribution is -2.47. The van der Waals surface area contributed by atoms with Crippen molar-refractivity contribution >= 4 is 10.0 Å². The fourth-order valence-corrected chi connectivity index (χ4v) is 5.57. The molecule has 1 atom stereocenters. The Balaban J connectivity index is 1.56. The lowest BCUT2D eigenvalue weighted by atomic mass is 9.96. The van der Waals surface area contributed by atoms with E-state index in [1.165, 1.54) is 0 Å². The molecule has 3 aromatic rings. The number of ether oxygens (including phenoxy) is 2. The second kappa shape index (κ2) is 9.20. The van der Waals surface area contributed by atoms with Gasteiger partial charge in [-0.25, -0.2) is 8.42 Å². The normalized spacial score (nSPS) is 16.8. The number of aryl methyl sites for hydroxylation is 1. The van der Waals surface area contributed by atoms with E-state index in [0.717, 1.165) is 22.4 Å². The summed E-state index contributed by atoms with van der Waals surface area (Å²) in [5.74, 6) is 1.45. The number of fused-ring (bicyclic) bond motifs is 1. The lowest BCUT2D eigenvalue weighted by molar-refractivity contribution is 0.130. The molecule has 1 aliphatic heterocycles. The summed E-state index contributed by atoms with van der Waals surface area (Å²) in [5.41, 5.74) is 2.95. The van der Waals surface area contributed by atoms with Gasteiger partial charge in [0, 0.05) is 6.54 Å². The Kier molecular flexibility index (Phi) is 6.50. The third-order valence-electron chi connectivity index (χ3n) is 5.63. The Bertz CT molecular complexity index is 1200. The van der Waals surface area contributed by atoms with E-state index in [4.69, 9.17) is 9.47 Å². The molecule has 4 rings (SSSR count). The molecule has 5 nitrogen and oxygen atoms in total. The van der Waals surface area contributed by atoms with Crippen molar-refractivity contribution in [3.05, 3.63) is 89.5 Å². The first-order valence-corrected chi connectivity index (χ1v) is 12.6. The van der Waals surface area contributed by atoms with Gasteiger partial charge in [0.05, 0.1) is 10.9 Å². The average Bonchev–Trinajstić information content (AvgIpc) is 2.77. The Morgan fingerprint density at radius 3 is 2.12 bits per heavy atom. The minimum absolute atomic E-state index is 0.263. The Labute approximate surface area is 197 Å². The highest BCUT2D eigenvalue weighted by Gasteiger charge is 2.36. The summed E-state index contributed by atoms with van der Waals surface area (Å²) in [7, 11) is -3.67. The summed E-state index contributed by atoms with van der Waals surface area (Å²) >= 11 is 0. The van der Waals surface area contributed by atoms with Gasteiger partial charge in [-0.1, -0.05) is 42.0 Å². The molecule has 6 heteroatoms. The van der Waals surface area contributed by atoms with Gasteiger partial charge in [0.2, 0.25) is 10.0 Å². The van der Waals surface area contributed by atoms with Crippen LogP contribution in [0.3, 0.4) is 0 Å². The van der Waals surface area contributed by atoms with E-state index in [2.05, 4.69) is 6.07 Å². The maximum atomic E-state index is 13.6. The van der Waals surface area contributed by atoms with Crippen LogP contribution < -0.4 is 9.47 Å². The number of rotatable bonds is 6. The van der Waals surface area contributed by atoms with Crippen molar-refractivity contribution in [2.75, 3.05) is 6.61 Å². The van der Waals surface area contributed by atoms with Crippen LogP contribution >= 0.6 is 0 Å². The first kappa shape index (κ1) is 23.3. The predicted octanol–water partition coefficient (Wildman–Crippen LogP) is 5.37. The molecule has 0 aromatic heterocycles. The van der Waals surface area contributed by atoms with Crippen LogP contribution in [0, 0.1) is 6.92 Å². The molecular formula is C27H31NO4S. The van der Waals surface area contributed by atoms with Crippen LogP contribution in [0.4, 0.5) is 0 Å². The monoisotopic (exact) mass is 465 g/mol. The van der Waals surface area contributed by atoms with Crippen LogP contribution in [0.15, 0.2) is 77.7 Å². The van der Waals surface area contributed by atoms with Crippen molar-refractivity contribution in [3.8, 4) is 11.5 Å². The van der Waals surface area contributed by atoms with Gasteiger partial charge in [0.15, 0.2) is 0 Å². The van der Waals surface area contributed by atoms with Gasteiger partial charge < -0.3 is 9.47 Å². The molecule has 0 radical (unpaired) electrons. The van der Waals surface area contributed by atoms with Crippen molar-refractivity contribution in [2.24, 2.45) is 0 Å². The molecule has 1 aliphatic rings. The van der Waals surface area contributed by atoms with E-state index in [1.54, 1.807) is 16.4 Å². The van der Waals surface area contributed by atoms with Gasteiger partial charge in [-0.15, -0.1) is 0 Å². The van der Waals surface area contributed by atoms with Crippen molar-refractivity contribution in [1.82, 2.24) is 4.31 Å². The van der Waals surface area contributed by atoms with E-state index in [0.29, 0.717) is 23.6 Å². The number of nitrogens with zero attached hydrogens (tertiary/aromatic N) is 1. The second-order valence-electron chi connectivity index (χ2n) is 9.49. The molecule has 3 aromatic carbocycles. The van der Waals surface area contributed by atoms with E-state index < -0.39 is 10.0 Å². The molecule has 1 heterocycles. The largest absolute Gasteiger partial charge is 0.492 e. The number of benzene rings is 3. The van der Waals surface area contributed by atoms with Crippen molar-refractivity contribution in [2.45, 2.75) is 57.2 Å². The highest BCUT2D eigenvalue weighted by molar-refractivity contribution is 7.89. The summed E-state index contributed by atoms with van der Waals surface area (Å²) in [6.45, 7) is 8.55. The minimum atomic E-state index is -3.67. The fraction of sp³-hybridized carbons (Fsp3) is 0.333. The van der Waals surface area contributed by atoms with Crippen LogP contribution in [0.1, 0.15) is 37.5 Å². The lowest BCUT2D eigenvalue weighted by Gasteiger charge is -2.35. The molecule has 0 amide bonds. The fourth-order valence-electron chi connectivity index (χ4n) is 3.98. The van der Waals surface area contributed by atoms with Crippen LogP contribution in [0.25, 0.3) is 0 Å². The Morgan fingerprint density at radius 2 is 1.48 bits per heavy atom. The van der Waals surface area contributed by atoms with Crippen LogP contribution in [-0.2, 0) is 23.0 Å². The van der Waals surface area contributed by atoms with Crippen molar-refractivity contribution in [3.63, 3.8) is 0 Å². The number of hydrogen-bond acceptors (Lipinski definition) is 4. The molecule has 0 bridgehead atoms. The molecule has 174 valence electrons. The first-order valence-electron chi connectivity index (χ1n) is 11.2. The van der Waals surface area contributed by atoms with Gasteiger partial charge in [-0.2, -0.15) is 4.31 Å². The minimum Gasteiger partial charge on any atom is -0.492 e. The molecule has 0 fully saturated rings. The molecule has 0 aliphatic carbocycles. The zero-order chi connectivity index (χ0) is 23.6. The zero-order valence-corrected chi connectivity index (χ0v) is 20.4. The van der Waals surface area contributed by atoms with E-state index in [9.17, 15) is 8.42 Å². The zero-order valence-electron chi connectivity index (χ0n) is 19.6. The molecule has 0 spiro atoms. The maximum absolute atomic E-state index is 13.6. The molecular weight excluding hydrogens is 434 g/mol. The molecule has 0 saturated heterocycles. The summed E-state index contributed by atoms with van der Waals surface area (Å²) in [4.78, 5) is 0.307. The predicted molar refractivity (Wildman–Crippen MR) is 130 cm³/mol. The molecule has 0 saturated carbocycles. The maximum Gasteiger partial charge on any atom is 0.243 e. The highest BCUT2D eigenvalue weighted by Crippen LogP contribution is 2.30. The summed E-state index contributed by atoms with van der Waals surface area (Å²) < 4.78 is 40.6. The first-order chi connectivity index (χ1) is 15.6. The van der Waals surface area contributed by atoms with Crippen LogP contribution in [0.5, 0.6) is 11.5 Å². The smallest absolute Gasteiger partial charge is 0.243 e. The highest BCUT2D eigenvalue weighted by atomic mass is 32.2. The number of sulfonamides is 1. The summed E-state index contributed by atoms with van der Waals surface area (Å²) in [6.07, 6.45) is 0.604. The second-order valence-corrected chi connectivity index (χ2v) is 11.4. The number of hydrogen-bond donors (Lipinski definition) is 0. The molecule has 0 N–H and O–H groups in total. The van der Waals surface area contributed by atoms with Gasteiger partial charge in [0.25, 0.3) is 0 Å². The quantitative estimate of drug-likeness (QED) is 0.491. The molecule has 0 unspecified atom stereocenters. The molecule has 33 heavy (non-hydrogen) atoms. The third-order valence-corrected chi connectivity index (χ3v) is 7.54. The standard InChI is InChI=1S/C27H31NO4S/c1-20-9-15-26(16-10-20)33(29,30)28-18-22-8-6-5-7-21(22)17-23(28)19-31-24-11-13-25(14-12-24)32-27(2,3)4/h5-16,23H,17-19H2,1-4H3/t23-/m0/s1. The van der Waals surface area contributed by atoms with E-state index in [1.807, 2.05) is 82.3 Å². The summed E-state index contributed by atoms with van der Waals surface area (Å²) in [5, 5.41) is 0. The van der Waals surface area contributed by atoms with Crippen molar-refractivity contribution < 1.29 is 17.9 Å². The van der Waals surface area contributed by atoms with E-state index >= 15 is 0 Å². The Morgan fingerprint density at radius 1 is 0.879 bits per heavy atom. The summed E-state index contributed by atoms with van der Waals surface area (Å²) in [6, 6.07) is 22.2. The van der Waals surface area contributed by atoms with E-state index in [-0.39, 0.29) is 18.2 Å².